The van der Waals surface area contributed by atoms with E-state index in [0.29, 0.717) is 24.7 Å². The van der Waals surface area contributed by atoms with Crippen LogP contribution in [0.25, 0.3) is 0 Å². The van der Waals surface area contributed by atoms with Crippen molar-refractivity contribution in [3.05, 3.63) is 120 Å². The minimum absolute atomic E-state index is 0.0396. The maximum atomic E-state index is 14.7. The van der Waals surface area contributed by atoms with Crippen molar-refractivity contribution in [3.63, 3.8) is 0 Å². The Labute approximate surface area is 282 Å². The second kappa shape index (κ2) is 14.9. The molecule has 0 saturated heterocycles. The topological polar surface area (TPSA) is 105 Å². The highest BCUT2D eigenvalue weighted by molar-refractivity contribution is 7.92. The number of anilines is 1. The van der Waals surface area contributed by atoms with Crippen LogP contribution < -0.4 is 19.1 Å². The van der Waals surface area contributed by atoms with Crippen LogP contribution in [0.2, 0.25) is 0 Å². The number of rotatable bonds is 12. The largest absolute Gasteiger partial charge is 0.486 e. The zero-order chi connectivity index (χ0) is 33.5. The maximum Gasteiger partial charge on any atom is 0.264 e. The van der Waals surface area contributed by atoms with Gasteiger partial charge in [0.1, 0.15) is 25.8 Å². The molecular formula is C38H41N3O6S. The van der Waals surface area contributed by atoms with Gasteiger partial charge in [0.05, 0.1) is 10.6 Å². The summed E-state index contributed by atoms with van der Waals surface area (Å²) < 4.78 is 41.1. The molecule has 2 amide bonds. The van der Waals surface area contributed by atoms with E-state index in [2.05, 4.69) is 5.32 Å². The smallest absolute Gasteiger partial charge is 0.264 e. The highest BCUT2D eigenvalue weighted by Gasteiger charge is 2.36. The van der Waals surface area contributed by atoms with E-state index in [1.54, 1.807) is 36.4 Å². The molecule has 4 aromatic carbocycles. The van der Waals surface area contributed by atoms with Gasteiger partial charge in [0.15, 0.2) is 11.5 Å². The lowest BCUT2D eigenvalue weighted by atomic mass is 10.0. The van der Waals surface area contributed by atoms with Gasteiger partial charge in [-0.1, -0.05) is 91.2 Å². The first-order chi connectivity index (χ1) is 23.3. The second-order valence-corrected chi connectivity index (χ2v) is 14.2. The highest BCUT2D eigenvalue weighted by atomic mass is 32.2. The first-order valence-electron chi connectivity index (χ1n) is 16.4. The number of ether oxygens (including phenoxy) is 2. The van der Waals surface area contributed by atoms with Crippen molar-refractivity contribution in [1.82, 2.24) is 10.2 Å². The van der Waals surface area contributed by atoms with Crippen molar-refractivity contribution < 1.29 is 27.5 Å². The second-order valence-electron chi connectivity index (χ2n) is 12.4. The standard InChI is InChI=1S/C38H41N3O6S/c1-28-11-10-14-30(23-28)26-40(34(24-29-12-4-2-5-13-29)38(43)39-31-15-8-9-16-31)37(42)27-41(48(44,45)33-17-6-3-7-18-33)32-19-20-35-36(25-32)47-22-21-46-35/h2-7,10-14,17-20,23,25,31,34H,8-9,15-16,21-22,24,26-27H2,1H3,(H,39,43). The van der Waals surface area contributed by atoms with Crippen molar-refractivity contribution >= 4 is 27.5 Å². The fraction of sp³-hybridized carbons (Fsp3) is 0.316. The molecule has 9 nitrogen and oxygen atoms in total. The Bertz CT molecular complexity index is 1830. The number of aryl methyl sites for hydroxylation is 1. The van der Waals surface area contributed by atoms with Crippen molar-refractivity contribution in [2.45, 2.75) is 62.6 Å². The SMILES string of the molecule is Cc1cccc(CN(C(=O)CN(c2ccc3c(c2)OCCO3)S(=O)(=O)c2ccccc2)C(Cc2ccccc2)C(=O)NC2CCCC2)c1. The molecule has 250 valence electrons. The van der Waals surface area contributed by atoms with Crippen molar-refractivity contribution in [2.24, 2.45) is 0 Å². The molecule has 1 aliphatic heterocycles. The molecule has 0 bridgehead atoms. The summed E-state index contributed by atoms with van der Waals surface area (Å²) in [7, 11) is -4.22. The molecule has 0 aromatic heterocycles. The third kappa shape index (κ3) is 7.82. The lowest BCUT2D eigenvalue weighted by Gasteiger charge is -2.34. The molecule has 2 aliphatic rings. The number of fused-ring (bicyclic) bond motifs is 1. The zero-order valence-electron chi connectivity index (χ0n) is 27.1. The van der Waals surface area contributed by atoms with Crippen LogP contribution in [0.3, 0.4) is 0 Å². The third-order valence-electron chi connectivity index (χ3n) is 8.83. The summed E-state index contributed by atoms with van der Waals surface area (Å²) in [6, 6.07) is 29.4. The molecule has 1 unspecified atom stereocenters. The number of sulfonamides is 1. The molecule has 0 spiro atoms. The number of hydrogen-bond donors (Lipinski definition) is 1. The molecular weight excluding hydrogens is 627 g/mol. The summed E-state index contributed by atoms with van der Waals surface area (Å²) in [6.07, 6.45) is 4.14. The first-order valence-corrected chi connectivity index (χ1v) is 17.9. The van der Waals surface area contributed by atoms with Crippen LogP contribution in [0.5, 0.6) is 11.5 Å². The number of nitrogens with zero attached hydrogens (tertiary/aromatic N) is 2. The summed E-state index contributed by atoms with van der Waals surface area (Å²) in [5.74, 6) is 0.145. The molecule has 0 radical (unpaired) electrons. The summed E-state index contributed by atoms with van der Waals surface area (Å²) in [5, 5.41) is 3.21. The van der Waals surface area contributed by atoms with Gasteiger partial charge in [-0.2, -0.15) is 0 Å². The van der Waals surface area contributed by atoms with Gasteiger partial charge < -0.3 is 19.7 Å². The molecule has 4 aromatic rings. The van der Waals surface area contributed by atoms with E-state index in [0.717, 1.165) is 46.7 Å². The Morgan fingerprint density at radius 1 is 0.812 bits per heavy atom. The molecule has 10 heteroatoms. The van der Waals surface area contributed by atoms with E-state index in [-0.39, 0.29) is 35.5 Å². The van der Waals surface area contributed by atoms with Crippen LogP contribution in [0.1, 0.15) is 42.4 Å². The van der Waals surface area contributed by atoms with Crippen molar-refractivity contribution in [3.8, 4) is 11.5 Å². The summed E-state index contributed by atoms with van der Waals surface area (Å²) >= 11 is 0. The van der Waals surface area contributed by atoms with Crippen LogP contribution in [0.15, 0.2) is 108 Å². The van der Waals surface area contributed by atoms with E-state index in [9.17, 15) is 18.0 Å². The van der Waals surface area contributed by atoms with E-state index in [4.69, 9.17) is 9.47 Å². The highest BCUT2D eigenvalue weighted by Crippen LogP contribution is 2.36. The molecule has 1 N–H and O–H groups in total. The van der Waals surface area contributed by atoms with E-state index in [1.807, 2.05) is 61.5 Å². The average Bonchev–Trinajstić information content (AvgIpc) is 3.62. The summed E-state index contributed by atoms with van der Waals surface area (Å²) in [5.41, 5.74) is 3.00. The molecule has 48 heavy (non-hydrogen) atoms. The fourth-order valence-corrected chi connectivity index (χ4v) is 7.79. The molecule has 1 saturated carbocycles. The molecule has 1 heterocycles. The van der Waals surface area contributed by atoms with Gasteiger partial charge in [-0.15, -0.1) is 0 Å². The zero-order valence-corrected chi connectivity index (χ0v) is 27.9. The lowest BCUT2D eigenvalue weighted by Crippen LogP contribution is -2.54. The molecule has 1 fully saturated rings. The number of benzene rings is 4. The number of carbonyl (C=O) groups is 2. The number of nitrogens with one attached hydrogen (secondary N) is 1. The molecule has 1 atom stereocenters. The van der Waals surface area contributed by atoms with Gasteiger partial charge >= 0.3 is 0 Å². The van der Waals surface area contributed by atoms with Gasteiger partial charge in [0.25, 0.3) is 10.0 Å². The first kappa shape index (κ1) is 33.1. The van der Waals surface area contributed by atoms with Crippen LogP contribution >= 0.6 is 0 Å². The minimum Gasteiger partial charge on any atom is -0.486 e. The molecule has 1 aliphatic carbocycles. The van der Waals surface area contributed by atoms with Crippen LogP contribution in [-0.2, 0) is 32.6 Å². The number of hydrogen-bond acceptors (Lipinski definition) is 6. The Morgan fingerprint density at radius 3 is 2.19 bits per heavy atom. The Balaban J connectivity index is 1.41. The fourth-order valence-electron chi connectivity index (χ4n) is 6.36. The lowest BCUT2D eigenvalue weighted by molar-refractivity contribution is -0.140. The minimum atomic E-state index is -4.22. The van der Waals surface area contributed by atoms with Gasteiger partial charge in [-0.25, -0.2) is 8.42 Å². The maximum absolute atomic E-state index is 14.7. The molecule has 6 rings (SSSR count). The van der Waals surface area contributed by atoms with Gasteiger partial charge in [0, 0.05) is 25.1 Å². The van der Waals surface area contributed by atoms with Gasteiger partial charge in [-0.3, -0.25) is 13.9 Å². The van der Waals surface area contributed by atoms with Gasteiger partial charge in [-0.05, 0) is 55.2 Å². The van der Waals surface area contributed by atoms with E-state index >= 15 is 0 Å². The average molecular weight is 668 g/mol. The number of carbonyl (C=O) groups excluding carboxylic acids is 2. The van der Waals surface area contributed by atoms with Crippen LogP contribution in [0.4, 0.5) is 5.69 Å². The quantitative estimate of drug-likeness (QED) is 0.209. The normalized spacial score (nSPS) is 15.0. The van der Waals surface area contributed by atoms with Crippen LogP contribution in [-0.4, -0.2) is 57.0 Å². The summed E-state index contributed by atoms with van der Waals surface area (Å²) in [6.45, 7) is 2.26. The Hall–Kier alpha value is -4.83. The number of amides is 2. The third-order valence-corrected chi connectivity index (χ3v) is 10.6. The monoisotopic (exact) mass is 667 g/mol. The van der Waals surface area contributed by atoms with Gasteiger partial charge in [0.2, 0.25) is 11.8 Å². The van der Waals surface area contributed by atoms with E-state index < -0.39 is 28.5 Å². The summed E-state index contributed by atoms with van der Waals surface area (Å²) in [4.78, 5) is 30.5. The van der Waals surface area contributed by atoms with Crippen molar-refractivity contribution in [2.75, 3.05) is 24.1 Å². The predicted octanol–water partition coefficient (Wildman–Crippen LogP) is 5.66. The predicted molar refractivity (Wildman–Crippen MR) is 184 cm³/mol. The van der Waals surface area contributed by atoms with Crippen molar-refractivity contribution in [1.29, 1.82) is 0 Å². The Morgan fingerprint density at radius 2 is 1.48 bits per heavy atom. The Kier molecular flexibility index (Phi) is 10.3. The van der Waals surface area contributed by atoms with Crippen LogP contribution in [0, 0.1) is 6.92 Å². The van der Waals surface area contributed by atoms with E-state index in [1.165, 1.54) is 17.0 Å².